The van der Waals surface area contributed by atoms with Gasteiger partial charge < -0.3 is 20.2 Å². The molecular weight excluding hydrogens is 278 g/mol. The highest BCUT2D eigenvalue weighted by molar-refractivity contribution is 5.74. The highest BCUT2D eigenvalue weighted by Crippen LogP contribution is 2.26. The van der Waals surface area contributed by atoms with Gasteiger partial charge in [0.2, 0.25) is 0 Å². The maximum Gasteiger partial charge on any atom is 0.317 e. The molecule has 5 nitrogen and oxygen atoms in total. The third-order valence-corrected chi connectivity index (χ3v) is 5.66. The zero-order chi connectivity index (χ0) is 15.4. The second-order valence-electron chi connectivity index (χ2n) is 7.48. The third kappa shape index (κ3) is 4.13. The fourth-order valence-electron chi connectivity index (χ4n) is 4.34. The van der Waals surface area contributed by atoms with Crippen molar-refractivity contribution in [3.05, 3.63) is 0 Å². The van der Waals surface area contributed by atoms with Crippen LogP contribution in [0, 0.1) is 11.8 Å². The van der Waals surface area contributed by atoms with Crippen LogP contribution in [0.2, 0.25) is 0 Å². The lowest BCUT2D eigenvalue weighted by atomic mass is 9.99. The lowest BCUT2D eigenvalue weighted by Gasteiger charge is -2.32. The zero-order valence-electron chi connectivity index (χ0n) is 13.7. The Morgan fingerprint density at radius 3 is 2.55 bits per heavy atom. The van der Waals surface area contributed by atoms with E-state index in [1.807, 2.05) is 4.90 Å². The van der Waals surface area contributed by atoms with E-state index in [0.717, 1.165) is 44.8 Å². The molecule has 126 valence electrons. The first-order chi connectivity index (χ1) is 10.7. The number of carbonyl (C=O) groups excluding carboxylic acids is 1. The molecule has 3 rings (SSSR count). The number of hydrogen-bond donors (Lipinski definition) is 2. The van der Waals surface area contributed by atoms with E-state index in [9.17, 15) is 9.90 Å². The molecule has 2 aliphatic heterocycles. The molecule has 0 aromatic rings. The second-order valence-corrected chi connectivity index (χ2v) is 7.48. The van der Waals surface area contributed by atoms with Crippen molar-refractivity contribution < 1.29 is 9.90 Å². The highest BCUT2D eigenvalue weighted by Gasteiger charge is 2.29. The Bertz CT molecular complexity index is 371. The first kappa shape index (κ1) is 16.1. The van der Waals surface area contributed by atoms with Crippen molar-refractivity contribution in [1.29, 1.82) is 0 Å². The van der Waals surface area contributed by atoms with E-state index in [1.165, 1.54) is 32.2 Å². The lowest BCUT2D eigenvalue weighted by molar-refractivity contribution is 0.128. The first-order valence-corrected chi connectivity index (χ1v) is 9.13. The van der Waals surface area contributed by atoms with Crippen molar-refractivity contribution in [1.82, 2.24) is 15.1 Å². The van der Waals surface area contributed by atoms with Gasteiger partial charge in [-0.2, -0.15) is 0 Å². The summed E-state index contributed by atoms with van der Waals surface area (Å²) < 4.78 is 0. The van der Waals surface area contributed by atoms with Gasteiger partial charge in [0.15, 0.2) is 0 Å². The molecule has 1 aliphatic carbocycles. The average Bonchev–Trinajstić information content (AvgIpc) is 3.20. The molecule has 0 radical (unpaired) electrons. The van der Waals surface area contributed by atoms with Gasteiger partial charge >= 0.3 is 6.03 Å². The number of amides is 2. The topological polar surface area (TPSA) is 55.8 Å². The Kier molecular flexibility index (Phi) is 5.58. The minimum absolute atomic E-state index is 0.0749. The molecule has 2 heterocycles. The van der Waals surface area contributed by atoms with E-state index in [-0.39, 0.29) is 18.6 Å². The number of nitrogens with zero attached hydrogens (tertiary/aromatic N) is 2. The standard InChI is InChI=1S/C17H31N3O2/c21-13-15-6-3-8-20(11-15)17(22)18-16-7-9-19(12-16)10-14-4-1-2-5-14/h14-16,21H,1-13H2,(H,18,22)/t15-,16-/m1/s1. The Morgan fingerprint density at radius 2 is 1.77 bits per heavy atom. The van der Waals surface area contributed by atoms with Gasteiger partial charge in [-0.1, -0.05) is 12.8 Å². The number of likely N-dealkylation sites (tertiary alicyclic amines) is 2. The number of urea groups is 1. The first-order valence-electron chi connectivity index (χ1n) is 9.13. The van der Waals surface area contributed by atoms with Gasteiger partial charge in [0.1, 0.15) is 0 Å². The highest BCUT2D eigenvalue weighted by atomic mass is 16.3. The van der Waals surface area contributed by atoms with Gasteiger partial charge in [0.25, 0.3) is 0 Å². The van der Waals surface area contributed by atoms with E-state index in [0.29, 0.717) is 12.6 Å². The van der Waals surface area contributed by atoms with Crippen molar-refractivity contribution >= 4 is 6.03 Å². The quantitative estimate of drug-likeness (QED) is 0.830. The molecule has 5 heteroatoms. The van der Waals surface area contributed by atoms with Crippen molar-refractivity contribution in [3.8, 4) is 0 Å². The smallest absolute Gasteiger partial charge is 0.317 e. The van der Waals surface area contributed by atoms with Crippen LogP contribution in [0.4, 0.5) is 4.79 Å². The molecule has 2 atom stereocenters. The molecule has 2 amide bonds. The maximum absolute atomic E-state index is 12.4. The number of aliphatic hydroxyl groups excluding tert-OH is 1. The molecule has 0 spiro atoms. The number of hydrogen-bond acceptors (Lipinski definition) is 3. The number of nitrogens with one attached hydrogen (secondary N) is 1. The molecule has 0 aromatic carbocycles. The van der Waals surface area contributed by atoms with Crippen LogP contribution in [-0.4, -0.2) is 66.3 Å². The summed E-state index contributed by atoms with van der Waals surface area (Å²) in [7, 11) is 0. The van der Waals surface area contributed by atoms with Crippen molar-refractivity contribution in [2.75, 3.05) is 39.3 Å². The van der Waals surface area contributed by atoms with Crippen molar-refractivity contribution in [3.63, 3.8) is 0 Å². The summed E-state index contributed by atoms with van der Waals surface area (Å²) in [6, 6.07) is 0.384. The fraction of sp³-hybridized carbons (Fsp3) is 0.941. The van der Waals surface area contributed by atoms with E-state index in [2.05, 4.69) is 10.2 Å². The predicted octanol–water partition coefficient (Wildman–Crippen LogP) is 1.66. The molecule has 0 aromatic heterocycles. The molecule has 2 N–H and O–H groups in total. The van der Waals surface area contributed by atoms with Gasteiger partial charge in [0, 0.05) is 45.4 Å². The molecule has 2 saturated heterocycles. The minimum atomic E-state index is 0.0749. The molecule has 3 aliphatic rings. The predicted molar refractivity (Wildman–Crippen MR) is 86.7 cm³/mol. The minimum Gasteiger partial charge on any atom is -0.396 e. The monoisotopic (exact) mass is 309 g/mol. The Balaban J connectivity index is 1.40. The van der Waals surface area contributed by atoms with Crippen LogP contribution >= 0.6 is 0 Å². The molecule has 1 saturated carbocycles. The van der Waals surface area contributed by atoms with Crippen LogP contribution in [0.15, 0.2) is 0 Å². The van der Waals surface area contributed by atoms with Crippen LogP contribution in [0.1, 0.15) is 44.9 Å². The third-order valence-electron chi connectivity index (χ3n) is 5.66. The van der Waals surface area contributed by atoms with Crippen LogP contribution in [0.3, 0.4) is 0 Å². The van der Waals surface area contributed by atoms with E-state index >= 15 is 0 Å². The largest absolute Gasteiger partial charge is 0.396 e. The van der Waals surface area contributed by atoms with Gasteiger partial charge in [-0.3, -0.25) is 0 Å². The second kappa shape index (κ2) is 7.64. The van der Waals surface area contributed by atoms with Gasteiger partial charge in [0.05, 0.1) is 0 Å². The van der Waals surface area contributed by atoms with Gasteiger partial charge in [-0.05, 0) is 43.9 Å². The van der Waals surface area contributed by atoms with E-state index in [4.69, 9.17) is 0 Å². The SMILES string of the molecule is O=C(N[C@@H]1CCN(CC2CCCC2)C1)N1CCC[C@@H](CO)C1. The van der Waals surface area contributed by atoms with Gasteiger partial charge in [-0.15, -0.1) is 0 Å². The summed E-state index contributed by atoms with van der Waals surface area (Å²) in [5.74, 6) is 1.16. The Hall–Kier alpha value is -0.810. The van der Waals surface area contributed by atoms with Crippen LogP contribution in [-0.2, 0) is 0 Å². The molecule has 0 bridgehead atoms. The number of carbonyl (C=O) groups is 1. The van der Waals surface area contributed by atoms with Crippen molar-refractivity contribution in [2.24, 2.45) is 11.8 Å². The molecule has 0 unspecified atom stereocenters. The Morgan fingerprint density at radius 1 is 1.00 bits per heavy atom. The average molecular weight is 309 g/mol. The summed E-state index contributed by atoms with van der Waals surface area (Å²) in [6.45, 7) is 5.10. The Labute approximate surface area is 134 Å². The molecule has 3 fully saturated rings. The van der Waals surface area contributed by atoms with Crippen LogP contribution < -0.4 is 5.32 Å². The normalized spacial score (nSPS) is 30.9. The molecular formula is C17H31N3O2. The summed E-state index contributed by atoms with van der Waals surface area (Å²) in [5, 5.41) is 12.5. The van der Waals surface area contributed by atoms with Crippen molar-refractivity contribution in [2.45, 2.75) is 51.0 Å². The number of piperidine rings is 1. The van der Waals surface area contributed by atoms with Crippen LogP contribution in [0.5, 0.6) is 0 Å². The zero-order valence-corrected chi connectivity index (χ0v) is 13.7. The van der Waals surface area contributed by atoms with E-state index < -0.39 is 0 Å². The lowest BCUT2D eigenvalue weighted by Crippen LogP contribution is -2.49. The summed E-state index contributed by atoms with van der Waals surface area (Å²) in [5.41, 5.74) is 0. The van der Waals surface area contributed by atoms with E-state index in [1.54, 1.807) is 0 Å². The fourth-order valence-corrected chi connectivity index (χ4v) is 4.34. The summed E-state index contributed by atoms with van der Waals surface area (Å²) >= 11 is 0. The number of rotatable bonds is 4. The van der Waals surface area contributed by atoms with Gasteiger partial charge in [-0.25, -0.2) is 4.79 Å². The van der Waals surface area contributed by atoms with Crippen LogP contribution in [0.25, 0.3) is 0 Å². The summed E-state index contributed by atoms with van der Waals surface area (Å²) in [4.78, 5) is 16.8. The summed E-state index contributed by atoms with van der Waals surface area (Å²) in [6.07, 6.45) is 8.72. The number of aliphatic hydroxyl groups is 1. The maximum atomic E-state index is 12.4. The molecule has 22 heavy (non-hydrogen) atoms.